The maximum Gasteiger partial charge on any atom is 0.305 e. The van der Waals surface area contributed by atoms with Crippen molar-refractivity contribution in [1.29, 1.82) is 0 Å². The van der Waals surface area contributed by atoms with Gasteiger partial charge in [-0.25, -0.2) is 0 Å². The van der Waals surface area contributed by atoms with E-state index in [1.165, 1.54) is 24.8 Å². The van der Waals surface area contributed by atoms with Crippen molar-refractivity contribution >= 4 is 5.97 Å². The van der Waals surface area contributed by atoms with E-state index in [-0.39, 0.29) is 12.0 Å². The molecule has 112 valence electrons. The topological polar surface area (TPSA) is 52.3 Å². The maximum absolute atomic E-state index is 11.6. The highest BCUT2D eigenvalue weighted by Crippen LogP contribution is 2.06. The van der Waals surface area contributed by atoms with E-state index in [0.717, 1.165) is 19.3 Å². The summed E-state index contributed by atoms with van der Waals surface area (Å²) in [5, 5.41) is 0. The number of rotatable bonds is 10. The van der Waals surface area contributed by atoms with Crippen LogP contribution in [-0.2, 0) is 16.0 Å². The minimum Gasteiger partial charge on any atom is -0.464 e. The van der Waals surface area contributed by atoms with Crippen LogP contribution in [0.3, 0.4) is 0 Å². The minimum atomic E-state index is -0.124. The largest absolute Gasteiger partial charge is 0.464 e. The Bertz CT molecular complexity index is 365. The quantitative estimate of drug-likeness (QED) is 0.526. The van der Waals surface area contributed by atoms with Crippen LogP contribution in [0.4, 0.5) is 0 Å². The Labute approximate surface area is 122 Å². The van der Waals surface area contributed by atoms with Gasteiger partial charge in [-0.1, -0.05) is 62.9 Å². The number of hydrogen-bond acceptors (Lipinski definition) is 3. The van der Waals surface area contributed by atoms with Gasteiger partial charge in [0, 0.05) is 12.5 Å². The lowest BCUT2D eigenvalue weighted by atomic mass is 10.1. The van der Waals surface area contributed by atoms with Crippen molar-refractivity contribution in [3.8, 4) is 0 Å². The van der Waals surface area contributed by atoms with E-state index in [4.69, 9.17) is 10.5 Å². The van der Waals surface area contributed by atoms with Gasteiger partial charge in [0.05, 0.1) is 0 Å². The van der Waals surface area contributed by atoms with Crippen LogP contribution in [0.5, 0.6) is 0 Å². The molecule has 0 spiro atoms. The van der Waals surface area contributed by atoms with Crippen LogP contribution >= 0.6 is 0 Å². The number of hydrogen-bond donors (Lipinski definition) is 1. The van der Waals surface area contributed by atoms with Gasteiger partial charge in [0.1, 0.15) is 6.61 Å². The summed E-state index contributed by atoms with van der Waals surface area (Å²) in [6.07, 6.45) is 6.96. The van der Waals surface area contributed by atoms with Crippen LogP contribution in [0, 0.1) is 0 Å². The maximum atomic E-state index is 11.6. The first-order chi connectivity index (χ1) is 9.72. The Hall–Kier alpha value is -1.35. The number of esters is 1. The molecule has 0 fully saturated rings. The lowest BCUT2D eigenvalue weighted by Gasteiger charge is -2.12. The highest BCUT2D eigenvalue weighted by atomic mass is 16.5. The van der Waals surface area contributed by atoms with Crippen LogP contribution in [0.2, 0.25) is 0 Å². The third-order valence-corrected chi connectivity index (χ3v) is 3.28. The molecule has 0 bridgehead atoms. The van der Waals surface area contributed by atoms with Gasteiger partial charge in [-0.3, -0.25) is 4.79 Å². The summed E-state index contributed by atoms with van der Waals surface area (Å²) in [5.74, 6) is -0.120. The van der Waals surface area contributed by atoms with E-state index >= 15 is 0 Å². The average Bonchev–Trinajstić information content (AvgIpc) is 2.46. The summed E-state index contributed by atoms with van der Waals surface area (Å²) < 4.78 is 5.22. The van der Waals surface area contributed by atoms with Crippen molar-refractivity contribution in [3.63, 3.8) is 0 Å². The smallest absolute Gasteiger partial charge is 0.305 e. The van der Waals surface area contributed by atoms with Crippen molar-refractivity contribution in [2.75, 3.05) is 6.61 Å². The number of nitrogens with two attached hydrogens (primary N) is 1. The summed E-state index contributed by atoms with van der Waals surface area (Å²) in [7, 11) is 0. The molecule has 0 aromatic heterocycles. The van der Waals surface area contributed by atoms with Gasteiger partial charge < -0.3 is 10.5 Å². The summed E-state index contributed by atoms with van der Waals surface area (Å²) in [6, 6.07) is 9.91. The minimum absolute atomic E-state index is 0.120. The molecule has 0 heterocycles. The van der Waals surface area contributed by atoms with Crippen molar-refractivity contribution in [2.24, 2.45) is 5.73 Å². The zero-order valence-corrected chi connectivity index (χ0v) is 12.5. The van der Waals surface area contributed by atoms with Crippen molar-refractivity contribution < 1.29 is 9.53 Å². The van der Waals surface area contributed by atoms with E-state index < -0.39 is 0 Å². The lowest BCUT2D eigenvalue weighted by molar-refractivity contribution is -0.144. The van der Waals surface area contributed by atoms with Crippen LogP contribution in [0.15, 0.2) is 30.3 Å². The van der Waals surface area contributed by atoms with Gasteiger partial charge in [-0.05, 0) is 18.4 Å². The molecule has 0 saturated carbocycles. The van der Waals surface area contributed by atoms with Crippen LogP contribution in [0.25, 0.3) is 0 Å². The van der Waals surface area contributed by atoms with Gasteiger partial charge in [0.15, 0.2) is 0 Å². The van der Waals surface area contributed by atoms with Gasteiger partial charge in [0.2, 0.25) is 0 Å². The molecule has 3 heteroatoms. The summed E-state index contributed by atoms with van der Waals surface area (Å²) in [4.78, 5) is 11.6. The van der Waals surface area contributed by atoms with Crippen LogP contribution in [-0.4, -0.2) is 18.6 Å². The second-order valence-electron chi connectivity index (χ2n) is 5.30. The highest BCUT2D eigenvalue weighted by Gasteiger charge is 2.08. The predicted molar refractivity (Wildman–Crippen MR) is 82.5 cm³/mol. The first-order valence-corrected chi connectivity index (χ1v) is 7.67. The number of carbonyl (C=O) groups is 1. The molecule has 0 aliphatic heterocycles. The standard InChI is InChI=1S/C17H27NO2/c1-2-3-4-5-9-12-17(19)20-14-16(18)13-15-10-7-6-8-11-15/h6-8,10-11,16H,2-5,9,12-14,18H2,1H3/t16-/m0/s1. The van der Waals surface area contributed by atoms with E-state index in [2.05, 4.69) is 6.92 Å². The Morgan fingerprint density at radius 2 is 1.85 bits per heavy atom. The van der Waals surface area contributed by atoms with Gasteiger partial charge >= 0.3 is 5.97 Å². The Morgan fingerprint density at radius 1 is 1.15 bits per heavy atom. The molecule has 0 unspecified atom stereocenters. The third-order valence-electron chi connectivity index (χ3n) is 3.28. The van der Waals surface area contributed by atoms with Gasteiger partial charge in [0.25, 0.3) is 0 Å². The fourth-order valence-corrected chi connectivity index (χ4v) is 2.12. The molecule has 0 amide bonds. The van der Waals surface area contributed by atoms with Gasteiger partial charge in [-0.15, -0.1) is 0 Å². The second kappa shape index (κ2) is 10.4. The van der Waals surface area contributed by atoms with E-state index in [9.17, 15) is 4.79 Å². The van der Waals surface area contributed by atoms with Gasteiger partial charge in [-0.2, -0.15) is 0 Å². The average molecular weight is 277 g/mol. The first kappa shape index (κ1) is 16.7. The molecule has 1 aromatic carbocycles. The Kier molecular flexibility index (Phi) is 8.72. The van der Waals surface area contributed by atoms with Crippen molar-refractivity contribution in [2.45, 2.75) is 57.9 Å². The number of unbranched alkanes of at least 4 members (excludes halogenated alkanes) is 4. The zero-order chi connectivity index (χ0) is 14.6. The van der Waals surface area contributed by atoms with E-state index in [0.29, 0.717) is 13.0 Å². The van der Waals surface area contributed by atoms with E-state index in [1.54, 1.807) is 0 Å². The number of ether oxygens (including phenoxy) is 1. The highest BCUT2D eigenvalue weighted by molar-refractivity contribution is 5.69. The molecule has 1 aromatic rings. The molecular formula is C17H27NO2. The monoisotopic (exact) mass is 277 g/mol. The predicted octanol–water partition coefficient (Wildman–Crippen LogP) is 3.46. The molecule has 2 N–H and O–H groups in total. The van der Waals surface area contributed by atoms with Crippen LogP contribution < -0.4 is 5.73 Å². The fraction of sp³-hybridized carbons (Fsp3) is 0.588. The third kappa shape index (κ3) is 7.95. The molecule has 20 heavy (non-hydrogen) atoms. The van der Waals surface area contributed by atoms with Crippen LogP contribution in [0.1, 0.15) is 51.0 Å². The molecular weight excluding hydrogens is 250 g/mol. The lowest BCUT2D eigenvalue weighted by Crippen LogP contribution is -2.30. The summed E-state index contributed by atoms with van der Waals surface area (Å²) >= 11 is 0. The molecule has 1 atom stereocenters. The molecule has 0 radical (unpaired) electrons. The fourth-order valence-electron chi connectivity index (χ4n) is 2.12. The molecule has 1 rings (SSSR count). The number of carbonyl (C=O) groups excluding carboxylic acids is 1. The Balaban J connectivity index is 2.08. The molecule has 0 aliphatic carbocycles. The SMILES string of the molecule is CCCCCCCC(=O)OC[C@@H](N)Cc1ccccc1. The summed E-state index contributed by atoms with van der Waals surface area (Å²) in [5.41, 5.74) is 7.15. The molecule has 3 nitrogen and oxygen atoms in total. The molecule has 0 aliphatic rings. The zero-order valence-electron chi connectivity index (χ0n) is 12.5. The first-order valence-electron chi connectivity index (χ1n) is 7.67. The van der Waals surface area contributed by atoms with Crippen molar-refractivity contribution in [3.05, 3.63) is 35.9 Å². The van der Waals surface area contributed by atoms with Crippen molar-refractivity contribution in [1.82, 2.24) is 0 Å². The second-order valence-corrected chi connectivity index (χ2v) is 5.30. The molecule has 0 saturated heterocycles. The normalized spacial score (nSPS) is 12.1. The number of benzene rings is 1. The summed E-state index contributed by atoms with van der Waals surface area (Å²) in [6.45, 7) is 2.49. The van der Waals surface area contributed by atoms with E-state index in [1.807, 2.05) is 30.3 Å². The Morgan fingerprint density at radius 3 is 2.55 bits per heavy atom.